The fourth-order valence-corrected chi connectivity index (χ4v) is 2.84. The normalized spacial score (nSPS) is 19.7. The third-order valence-electron chi connectivity index (χ3n) is 3.76. The summed E-state index contributed by atoms with van der Waals surface area (Å²) in [6.07, 6.45) is 0.206. The smallest absolute Gasteiger partial charge is 0.306 e. The van der Waals surface area contributed by atoms with Crippen LogP contribution in [-0.2, 0) is 9.53 Å². The Hall–Kier alpha value is -2.29. The number of fused-ring (bicyclic) bond motifs is 1. The van der Waals surface area contributed by atoms with Crippen LogP contribution in [0.5, 0.6) is 5.75 Å². The van der Waals surface area contributed by atoms with Crippen molar-refractivity contribution < 1.29 is 14.3 Å². The van der Waals surface area contributed by atoms with Gasteiger partial charge in [-0.15, -0.1) is 0 Å². The standard InChI is InChI=1S/C18H18O3/c1-2-20-17(19)12-15-14-10-6-7-11-16(14)21-18(15)13-8-4-3-5-9-13/h3-11,15,18H,2,12H2,1H3. The van der Waals surface area contributed by atoms with Crippen LogP contribution in [0.1, 0.15) is 36.5 Å². The topological polar surface area (TPSA) is 35.5 Å². The SMILES string of the molecule is CCOC(=O)CC1c2ccccc2OC1c1ccccc1. The zero-order valence-corrected chi connectivity index (χ0v) is 12.0. The maximum absolute atomic E-state index is 11.9. The number of hydrogen-bond donors (Lipinski definition) is 0. The van der Waals surface area contributed by atoms with E-state index < -0.39 is 0 Å². The molecule has 108 valence electrons. The highest BCUT2D eigenvalue weighted by Crippen LogP contribution is 2.47. The van der Waals surface area contributed by atoms with E-state index in [4.69, 9.17) is 9.47 Å². The molecule has 0 N–H and O–H groups in total. The van der Waals surface area contributed by atoms with Crippen LogP contribution in [0.25, 0.3) is 0 Å². The monoisotopic (exact) mass is 282 g/mol. The van der Waals surface area contributed by atoms with Crippen LogP contribution in [0.2, 0.25) is 0 Å². The van der Waals surface area contributed by atoms with Gasteiger partial charge in [-0.25, -0.2) is 0 Å². The van der Waals surface area contributed by atoms with E-state index in [2.05, 4.69) is 0 Å². The van der Waals surface area contributed by atoms with E-state index in [9.17, 15) is 4.79 Å². The number of benzene rings is 2. The maximum atomic E-state index is 11.9. The minimum absolute atomic E-state index is 0.00245. The summed E-state index contributed by atoms with van der Waals surface area (Å²) < 4.78 is 11.2. The molecule has 0 aliphatic carbocycles. The predicted molar refractivity (Wildman–Crippen MR) is 80.2 cm³/mol. The fraction of sp³-hybridized carbons (Fsp3) is 0.278. The van der Waals surface area contributed by atoms with Crippen LogP contribution >= 0.6 is 0 Å². The fourth-order valence-electron chi connectivity index (χ4n) is 2.84. The van der Waals surface area contributed by atoms with Crippen molar-refractivity contribution in [2.45, 2.75) is 25.4 Å². The van der Waals surface area contributed by atoms with Crippen molar-refractivity contribution in [3.05, 3.63) is 65.7 Å². The summed E-state index contributed by atoms with van der Waals surface area (Å²) in [5.74, 6) is 0.687. The number of hydrogen-bond acceptors (Lipinski definition) is 3. The second-order valence-electron chi connectivity index (χ2n) is 5.10. The van der Waals surface area contributed by atoms with E-state index in [-0.39, 0.29) is 18.0 Å². The molecule has 0 aromatic heterocycles. The number of carbonyl (C=O) groups is 1. The molecule has 2 atom stereocenters. The molecule has 3 heteroatoms. The van der Waals surface area contributed by atoms with Crippen molar-refractivity contribution in [2.75, 3.05) is 6.61 Å². The molecule has 0 fully saturated rings. The minimum atomic E-state index is -0.177. The minimum Gasteiger partial charge on any atom is -0.485 e. The van der Waals surface area contributed by atoms with Gasteiger partial charge in [0.05, 0.1) is 13.0 Å². The van der Waals surface area contributed by atoms with Gasteiger partial charge in [-0.1, -0.05) is 48.5 Å². The van der Waals surface area contributed by atoms with Crippen molar-refractivity contribution in [3.63, 3.8) is 0 Å². The van der Waals surface area contributed by atoms with Gasteiger partial charge in [-0.3, -0.25) is 4.79 Å². The second-order valence-corrected chi connectivity index (χ2v) is 5.10. The highest BCUT2D eigenvalue weighted by molar-refractivity contribution is 5.71. The number of rotatable bonds is 4. The lowest BCUT2D eigenvalue weighted by molar-refractivity contribution is -0.144. The van der Waals surface area contributed by atoms with E-state index in [1.165, 1.54) is 0 Å². The van der Waals surface area contributed by atoms with Crippen LogP contribution < -0.4 is 4.74 Å². The molecule has 0 saturated heterocycles. The first kappa shape index (κ1) is 13.7. The second kappa shape index (κ2) is 6.00. The first-order chi connectivity index (χ1) is 10.3. The Balaban J connectivity index is 1.91. The highest BCUT2D eigenvalue weighted by atomic mass is 16.5. The molecule has 2 unspecified atom stereocenters. The van der Waals surface area contributed by atoms with Crippen LogP contribution in [-0.4, -0.2) is 12.6 Å². The van der Waals surface area contributed by atoms with E-state index in [0.717, 1.165) is 16.9 Å². The third-order valence-corrected chi connectivity index (χ3v) is 3.76. The van der Waals surface area contributed by atoms with Crippen LogP contribution in [0.4, 0.5) is 0 Å². The number of ether oxygens (including phenoxy) is 2. The lowest BCUT2D eigenvalue weighted by atomic mass is 9.88. The van der Waals surface area contributed by atoms with Crippen LogP contribution in [0.3, 0.4) is 0 Å². The van der Waals surface area contributed by atoms with E-state index in [1.54, 1.807) is 0 Å². The summed E-state index contributed by atoms with van der Waals surface area (Å²) in [5, 5.41) is 0. The van der Waals surface area contributed by atoms with Crippen molar-refractivity contribution in [2.24, 2.45) is 0 Å². The molecule has 1 heterocycles. The molecule has 0 bridgehead atoms. The average Bonchev–Trinajstić information content (AvgIpc) is 2.87. The summed E-state index contributed by atoms with van der Waals surface area (Å²) >= 11 is 0. The number of carbonyl (C=O) groups excluding carboxylic acids is 1. The number of esters is 1. The van der Waals surface area contributed by atoms with Gasteiger partial charge in [0.25, 0.3) is 0 Å². The van der Waals surface area contributed by atoms with Crippen LogP contribution in [0, 0.1) is 0 Å². The Morgan fingerprint density at radius 1 is 1.10 bits per heavy atom. The molecule has 2 aromatic carbocycles. The first-order valence-electron chi connectivity index (χ1n) is 7.25. The van der Waals surface area contributed by atoms with Crippen molar-refractivity contribution in [1.29, 1.82) is 0 Å². The number of para-hydroxylation sites is 1. The molecule has 21 heavy (non-hydrogen) atoms. The van der Waals surface area contributed by atoms with Crippen LogP contribution in [0.15, 0.2) is 54.6 Å². The molecule has 0 spiro atoms. The van der Waals surface area contributed by atoms with Gasteiger partial charge in [-0.2, -0.15) is 0 Å². The Kier molecular flexibility index (Phi) is 3.91. The van der Waals surface area contributed by atoms with Gasteiger partial charge in [0, 0.05) is 11.5 Å². The lowest BCUT2D eigenvalue weighted by Gasteiger charge is -2.18. The zero-order valence-electron chi connectivity index (χ0n) is 12.0. The Labute approximate surface area is 124 Å². The first-order valence-corrected chi connectivity index (χ1v) is 7.25. The molecule has 3 nitrogen and oxygen atoms in total. The molecule has 0 amide bonds. The third kappa shape index (κ3) is 2.77. The molecule has 0 saturated carbocycles. The van der Waals surface area contributed by atoms with Gasteiger partial charge in [0.1, 0.15) is 11.9 Å². The summed E-state index contributed by atoms with van der Waals surface area (Å²) in [7, 11) is 0. The van der Waals surface area contributed by atoms with Crippen molar-refractivity contribution in [1.82, 2.24) is 0 Å². The molecule has 0 radical (unpaired) electrons. The van der Waals surface area contributed by atoms with Gasteiger partial charge in [0.2, 0.25) is 0 Å². The zero-order chi connectivity index (χ0) is 14.7. The lowest BCUT2D eigenvalue weighted by Crippen LogP contribution is -2.15. The quantitative estimate of drug-likeness (QED) is 0.799. The highest BCUT2D eigenvalue weighted by Gasteiger charge is 2.36. The predicted octanol–water partition coefficient (Wildman–Crippen LogP) is 3.86. The Morgan fingerprint density at radius 3 is 2.57 bits per heavy atom. The average molecular weight is 282 g/mol. The van der Waals surface area contributed by atoms with Gasteiger partial charge < -0.3 is 9.47 Å². The van der Waals surface area contributed by atoms with E-state index in [0.29, 0.717) is 13.0 Å². The summed E-state index contributed by atoms with van der Waals surface area (Å²) in [6.45, 7) is 2.23. The Morgan fingerprint density at radius 2 is 1.81 bits per heavy atom. The molecular formula is C18H18O3. The summed E-state index contributed by atoms with van der Waals surface area (Å²) in [4.78, 5) is 11.9. The molecule has 1 aliphatic rings. The molecule has 1 aliphatic heterocycles. The summed E-state index contributed by atoms with van der Waals surface area (Å²) in [5.41, 5.74) is 2.17. The van der Waals surface area contributed by atoms with Gasteiger partial charge >= 0.3 is 5.97 Å². The maximum Gasteiger partial charge on any atom is 0.306 e. The van der Waals surface area contributed by atoms with Crippen molar-refractivity contribution in [3.8, 4) is 5.75 Å². The van der Waals surface area contributed by atoms with E-state index in [1.807, 2.05) is 61.5 Å². The van der Waals surface area contributed by atoms with E-state index >= 15 is 0 Å². The molecular weight excluding hydrogens is 264 g/mol. The molecule has 3 rings (SSSR count). The summed E-state index contributed by atoms with van der Waals surface area (Å²) in [6, 6.07) is 17.9. The Bertz CT molecular complexity index is 621. The largest absolute Gasteiger partial charge is 0.485 e. The van der Waals surface area contributed by atoms with Crippen molar-refractivity contribution >= 4 is 5.97 Å². The van der Waals surface area contributed by atoms with Gasteiger partial charge in [-0.05, 0) is 18.6 Å². The van der Waals surface area contributed by atoms with Gasteiger partial charge in [0.15, 0.2) is 0 Å². The molecule has 2 aromatic rings.